The van der Waals surface area contributed by atoms with Crippen molar-refractivity contribution in [2.24, 2.45) is 0 Å². The molecule has 0 saturated heterocycles. The highest BCUT2D eigenvalue weighted by Crippen LogP contribution is 2.01. The van der Waals surface area contributed by atoms with Gasteiger partial charge in [-0.05, 0) is 20.4 Å². The molecule has 0 bridgehead atoms. The van der Waals surface area contributed by atoms with E-state index in [1.807, 2.05) is 6.92 Å². The van der Waals surface area contributed by atoms with Crippen LogP contribution in [0.4, 0.5) is 0 Å². The first-order chi connectivity index (χ1) is 6.65. The van der Waals surface area contributed by atoms with Gasteiger partial charge >= 0.3 is 5.97 Å². The summed E-state index contributed by atoms with van der Waals surface area (Å²) >= 11 is 0. The van der Waals surface area contributed by atoms with Gasteiger partial charge in [0.05, 0.1) is 19.8 Å². The predicted molar refractivity (Wildman–Crippen MR) is 55.2 cm³/mol. The van der Waals surface area contributed by atoms with Crippen molar-refractivity contribution in [3.05, 3.63) is 0 Å². The van der Waals surface area contributed by atoms with Crippen LogP contribution in [0.15, 0.2) is 0 Å². The number of esters is 1. The van der Waals surface area contributed by atoms with E-state index in [1.54, 1.807) is 7.05 Å². The van der Waals surface area contributed by atoms with Crippen molar-refractivity contribution in [1.29, 1.82) is 0 Å². The Morgan fingerprint density at radius 3 is 2.57 bits per heavy atom. The lowest BCUT2D eigenvalue weighted by atomic mass is 10.2. The lowest BCUT2D eigenvalue weighted by Gasteiger charge is -2.17. The quantitative estimate of drug-likeness (QED) is 0.626. The first-order valence-corrected chi connectivity index (χ1v) is 5.02. The van der Waals surface area contributed by atoms with Crippen LogP contribution in [-0.4, -0.2) is 38.9 Å². The maximum Gasteiger partial charge on any atom is 0.325 e. The molecule has 0 aromatic carbocycles. The molecule has 0 aliphatic carbocycles. The molecule has 0 aliphatic rings. The van der Waals surface area contributed by atoms with Gasteiger partial charge in [-0.2, -0.15) is 0 Å². The summed E-state index contributed by atoms with van der Waals surface area (Å²) in [6.45, 7) is 4.48. The van der Waals surface area contributed by atoms with Crippen molar-refractivity contribution in [2.75, 3.05) is 20.8 Å². The molecular weight excluding hydrogens is 182 g/mol. The SMILES string of the molecule is CCCC(C)OCC(NC)C(=O)OC. The molecule has 4 heteroatoms. The number of carbonyl (C=O) groups excluding carboxylic acids is 1. The Kier molecular flexibility index (Phi) is 7.42. The standard InChI is InChI=1S/C10H21NO3/c1-5-6-8(2)14-7-9(11-3)10(12)13-4/h8-9,11H,5-7H2,1-4H3. The molecule has 0 fully saturated rings. The predicted octanol–water partition coefficient (Wildman–Crippen LogP) is 0.953. The third-order valence-corrected chi connectivity index (χ3v) is 2.08. The largest absolute Gasteiger partial charge is 0.468 e. The fourth-order valence-electron chi connectivity index (χ4n) is 1.16. The van der Waals surface area contributed by atoms with Crippen molar-refractivity contribution < 1.29 is 14.3 Å². The summed E-state index contributed by atoms with van der Waals surface area (Å²) in [4.78, 5) is 11.1. The van der Waals surface area contributed by atoms with E-state index in [0.29, 0.717) is 6.61 Å². The van der Waals surface area contributed by atoms with Gasteiger partial charge in [-0.15, -0.1) is 0 Å². The van der Waals surface area contributed by atoms with Crippen molar-refractivity contribution in [1.82, 2.24) is 5.32 Å². The van der Waals surface area contributed by atoms with Crippen LogP contribution in [0.25, 0.3) is 0 Å². The molecular formula is C10H21NO3. The van der Waals surface area contributed by atoms with Gasteiger partial charge < -0.3 is 14.8 Å². The van der Waals surface area contributed by atoms with Crippen LogP contribution in [0.1, 0.15) is 26.7 Å². The van der Waals surface area contributed by atoms with Gasteiger partial charge in [-0.1, -0.05) is 13.3 Å². The van der Waals surface area contributed by atoms with Crippen LogP contribution in [-0.2, 0) is 14.3 Å². The lowest BCUT2D eigenvalue weighted by Crippen LogP contribution is -2.39. The highest BCUT2D eigenvalue weighted by atomic mass is 16.5. The van der Waals surface area contributed by atoms with E-state index in [-0.39, 0.29) is 18.1 Å². The molecule has 0 spiro atoms. The van der Waals surface area contributed by atoms with Crippen LogP contribution in [0.2, 0.25) is 0 Å². The highest BCUT2D eigenvalue weighted by Gasteiger charge is 2.17. The Hall–Kier alpha value is -0.610. The Balaban J connectivity index is 3.77. The molecule has 1 N–H and O–H groups in total. The second-order valence-corrected chi connectivity index (χ2v) is 3.30. The number of nitrogens with one attached hydrogen (secondary N) is 1. The summed E-state index contributed by atoms with van der Waals surface area (Å²) in [5, 5.41) is 2.85. The van der Waals surface area contributed by atoms with Gasteiger partial charge in [0.25, 0.3) is 0 Å². The summed E-state index contributed by atoms with van der Waals surface area (Å²) < 4.78 is 10.1. The topological polar surface area (TPSA) is 47.6 Å². The minimum absolute atomic E-state index is 0.195. The minimum Gasteiger partial charge on any atom is -0.468 e. The molecule has 0 aromatic heterocycles. The zero-order valence-electron chi connectivity index (χ0n) is 9.50. The van der Waals surface area contributed by atoms with Crippen LogP contribution in [0.5, 0.6) is 0 Å². The molecule has 0 amide bonds. The number of hydrogen-bond donors (Lipinski definition) is 1. The second kappa shape index (κ2) is 7.76. The molecule has 0 rings (SSSR count). The van der Waals surface area contributed by atoms with Gasteiger partial charge in [-0.25, -0.2) is 0 Å². The molecule has 14 heavy (non-hydrogen) atoms. The number of rotatable bonds is 7. The van der Waals surface area contributed by atoms with Gasteiger partial charge in [0.1, 0.15) is 6.04 Å². The summed E-state index contributed by atoms with van der Waals surface area (Å²) in [5.74, 6) is -0.281. The molecule has 2 atom stereocenters. The fraction of sp³-hybridized carbons (Fsp3) is 0.900. The fourth-order valence-corrected chi connectivity index (χ4v) is 1.16. The van der Waals surface area contributed by atoms with Crippen LogP contribution in [0.3, 0.4) is 0 Å². The number of likely N-dealkylation sites (N-methyl/N-ethyl adjacent to an activating group) is 1. The monoisotopic (exact) mass is 203 g/mol. The third kappa shape index (κ3) is 5.19. The maximum atomic E-state index is 11.1. The van der Waals surface area contributed by atoms with Crippen molar-refractivity contribution >= 4 is 5.97 Å². The molecule has 0 radical (unpaired) electrons. The molecule has 84 valence electrons. The second-order valence-electron chi connectivity index (χ2n) is 3.30. The first-order valence-electron chi connectivity index (χ1n) is 5.02. The third-order valence-electron chi connectivity index (χ3n) is 2.08. The van der Waals surface area contributed by atoms with Gasteiger partial charge in [0.15, 0.2) is 0 Å². The summed E-state index contributed by atoms with van der Waals surface area (Å²) in [6.07, 6.45) is 2.29. The number of methoxy groups -OCH3 is 1. The molecule has 0 heterocycles. The molecule has 0 saturated carbocycles. The van der Waals surface area contributed by atoms with Crippen LogP contribution >= 0.6 is 0 Å². The Labute approximate surface area is 86.0 Å². The molecule has 4 nitrogen and oxygen atoms in total. The lowest BCUT2D eigenvalue weighted by molar-refractivity contribution is -0.145. The first kappa shape index (κ1) is 13.4. The Morgan fingerprint density at radius 1 is 1.50 bits per heavy atom. The molecule has 0 aromatic rings. The van der Waals surface area contributed by atoms with Gasteiger partial charge in [-0.3, -0.25) is 4.79 Å². The van der Waals surface area contributed by atoms with Crippen molar-refractivity contribution in [3.63, 3.8) is 0 Å². The maximum absolute atomic E-state index is 11.1. The average Bonchev–Trinajstić information content (AvgIpc) is 2.18. The van der Waals surface area contributed by atoms with Gasteiger partial charge in [0.2, 0.25) is 0 Å². The zero-order valence-corrected chi connectivity index (χ0v) is 9.50. The van der Waals surface area contributed by atoms with Crippen molar-refractivity contribution in [3.8, 4) is 0 Å². The van der Waals surface area contributed by atoms with E-state index >= 15 is 0 Å². The number of ether oxygens (including phenoxy) is 2. The molecule has 0 aliphatic heterocycles. The Morgan fingerprint density at radius 2 is 2.14 bits per heavy atom. The van der Waals surface area contributed by atoms with Crippen LogP contribution in [0, 0.1) is 0 Å². The number of carbonyl (C=O) groups is 1. The average molecular weight is 203 g/mol. The smallest absolute Gasteiger partial charge is 0.325 e. The number of hydrogen-bond acceptors (Lipinski definition) is 4. The van der Waals surface area contributed by atoms with E-state index in [0.717, 1.165) is 12.8 Å². The summed E-state index contributed by atoms with van der Waals surface area (Å²) in [6, 6.07) is -0.362. The van der Waals surface area contributed by atoms with E-state index in [2.05, 4.69) is 17.0 Å². The van der Waals surface area contributed by atoms with E-state index in [1.165, 1.54) is 7.11 Å². The summed E-state index contributed by atoms with van der Waals surface area (Å²) in [5.41, 5.74) is 0. The van der Waals surface area contributed by atoms with Crippen molar-refractivity contribution in [2.45, 2.75) is 38.8 Å². The van der Waals surface area contributed by atoms with E-state index in [9.17, 15) is 4.79 Å². The Bertz CT molecular complexity index is 161. The normalized spacial score (nSPS) is 14.9. The molecule has 2 unspecified atom stereocenters. The minimum atomic E-state index is -0.362. The van der Waals surface area contributed by atoms with E-state index < -0.39 is 0 Å². The highest BCUT2D eigenvalue weighted by molar-refractivity contribution is 5.75. The van der Waals surface area contributed by atoms with Crippen LogP contribution < -0.4 is 5.32 Å². The summed E-state index contributed by atoms with van der Waals surface area (Å²) in [7, 11) is 3.09. The van der Waals surface area contributed by atoms with E-state index in [4.69, 9.17) is 4.74 Å². The van der Waals surface area contributed by atoms with Gasteiger partial charge in [0, 0.05) is 0 Å². The zero-order chi connectivity index (χ0) is 11.0.